The van der Waals surface area contributed by atoms with Crippen molar-refractivity contribution in [1.29, 1.82) is 0 Å². The number of piperidine rings is 2. The quantitative estimate of drug-likeness (QED) is 0.127. The maximum Gasteiger partial charge on any atom is 0.329 e. The maximum atomic E-state index is 14.3. The second kappa shape index (κ2) is 16.9. The van der Waals surface area contributed by atoms with Crippen molar-refractivity contribution in [3.05, 3.63) is 70.2 Å². The molecule has 4 aromatic heterocycles. The summed E-state index contributed by atoms with van der Waals surface area (Å²) < 4.78 is 46.5. The minimum absolute atomic E-state index is 0.00146. The number of imide groups is 1. The predicted octanol–water partition coefficient (Wildman–Crippen LogP) is 4.43. The van der Waals surface area contributed by atoms with E-state index in [0.29, 0.717) is 30.1 Å². The lowest BCUT2D eigenvalue weighted by atomic mass is 9.78. The van der Waals surface area contributed by atoms with Crippen molar-refractivity contribution in [3.8, 4) is 0 Å². The van der Waals surface area contributed by atoms with Gasteiger partial charge in [0.15, 0.2) is 11.3 Å². The number of halogens is 2. The third kappa shape index (κ3) is 8.03. The molecule has 4 aliphatic heterocycles. The van der Waals surface area contributed by atoms with Gasteiger partial charge < -0.3 is 24.6 Å². The van der Waals surface area contributed by atoms with Crippen molar-refractivity contribution in [3.63, 3.8) is 0 Å². The third-order valence-corrected chi connectivity index (χ3v) is 13.9. The van der Waals surface area contributed by atoms with Crippen LogP contribution in [0.1, 0.15) is 97.9 Å². The summed E-state index contributed by atoms with van der Waals surface area (Å²) in [7, 11) is 1.72. The van der Waals surface area contributed by atoms with E-state index in [1.807, 2.05) is 24.3 Å². The van der Waals surface area contributed by atoms with Crippen molar-refractivity contribution < 1.29 is 32.6 Å². The number of hydrogen-bond donors (Lipinski definition) is 2. The van der Waals surface area contributed by atoms with Crippen molar-refractivity contribution in [2.45, 2.75) is 88.8 Å². The number of nitrogens with zero attached hydrogens (tertiary/aromatic N) is 9. The molecule has 3 amide bonds. The van der Waals surface area contributed by atoms with Crippen LogP contribution in [0, 0.1) is 11.3 Å². The molecule has 5 fully saturated rings. The fourth-order valence-corrected chi connectivity index (χ4v) is 10.4. The van der Waals surface area contributed by atoms with E-state index in [1.54, 1.807) is 28.7 Å². The van der Waals surface area contributed by atoms with E-state index in [2.05, 4.69) is 30.6 Å². The predicted molar refractivity (Wildman–Crippen MR) is 227 cm³/mol. The molecule has 1 atom stereocenters. The van der Waals surface area contributed by atoms with Gasteiger partial charge in [0.25, 0.3) is 12.3 Å². The van der Waals surface area contributed by atoms with Crippen LogP contribution < -0.4 is 21.2 Å². The molecule has 0 bridgehead atoms. The van der Waals surface area contributed by atoms with E-state index < -0.39 is 30.0 Å². The van der Waals surface area contributed by atoms with Crippen LogP contribution in [0.2, 0.25) is 0 Å². The standard InChI is InChI=1S/C44H53F2N11O6/c1-52-38-28(4-2-6-33(38)57(43(52)61)34-11-12-36(58)50-42(34)60)5-3-19-63-30-13-16-53(17-14-30)21-27-7-9-29(10-8-27)56-22-32(37(51-56)39(45)46)48-41(59)31-20-47-55-18-15-35(49-40(31)55)54-23-44(24-54)25-62-26-44/h2,4,6,15,18,20,22,27,29-30,34,39H,3,5,7-14,16-17,19,21,23-26H2,1H3,(H,48,59)(H,50,58,60). The van der Waals surface area contributed by atoms with Gasteiger partial charge >= 0.3 is 5.69 Å². The van der Waals surface area contributed by atoms with Crippen molar-refractivity contribution in [2.24, 2.45) is 18.4 Å². The van der Waals surface area contributed by atoms with Crippen LogP contribution in [0.3, 0.4) is 0 Å². The largest absolute Gasteiger partial charge is 0.380 e. The molecule has 1 spiro atoms. The summed E-state index contributed by atoms with van der Waals surface area (Å²) in [5.41, 5.74) is 2.56. The molecule has 1 aliphatic carbocycles. The number of imidazole rings is 1. The Balaban J connectivity index is 0.678. The molecule has 1 aromatic carbocycles. The second-order valence-electron chi connectivity index (χ2n) is 18.2. The van der Waals surface area contributed by atoms with Gasteiger partial charge in [0.2, 0.25) is 11.8 Å². The molecule has 63 heavy (non-hydrogen) atoms. The average molecular weight is 870 g/mol. The van der Waals surface area contributed by atoms with Gasteiger partial charge in [-0.25, -0.2) is 23.1 Å². The molecule has 8 heterocycles. The number of likely N-dealkylation sites (tertiary alicyclic amines) is 1. The number of carbonyl (C=O) groups is 3. The normalized spacial score (nSPS) is 23.1. The number of para-hydroxylation sites is 1. The minimum Gasteiger partial charge on any atom is -0.380 e. The maximum absolute atomic E-state index is 14.3. The zero-order valence-electron chi connectivity index (χ0n) is 35.4. The number of aryl methyl sites for hydroxylation is 2. The Labute approximate surface area is 361 Å². The second-order valence-corrected chi connectivity index (χ2v) is 18.2. The van der Waals surface area contributed by atoms with E-state index >= 15 is 0 Å². The monoisotopic (exact) mass is 869 g/mol. The molecule has 19 heteroatoms. The fraction of sp³-hybridized carbons (Fsp3) is 0.568. The Morgan fingerprint density at radius 1 is 1.05 bits per heavy atom. The topological polar surface area (TPSA) is 175 Å². The van der Waals surface area contributed by atoms with Gasteiger partial charge in [0, 0.05) is 65.2 Å². The average Bonchev–Trinajstić information content (AvgIpc) is 3.94. The summed E-state index contributed by atoms with van der Waals surface area (Å²) in [5.74, 6) is -0.0811. The van der Waals surface area contributed by atoms with Gasteiger partial charge in [-0.1, -0.05) is 12.1 Å². The number of fused-ring (bicyclic) bond motifs is 2. The number of nitrogens with one attached hydrogen (secondary N) is 2. The van der Waals surface area contributed by atoms with Crippen molar-refractivity contribution >= 4 is 45.9 Å². The highest BCUT2D eigenvalue weighted by atomic mass is 19.3. The van der Waals surface area contributed by atoms with Gasteiger partial charge in [-0.3, -0.25) is 33.5 Å². The smallest absolute Gasteiger partial charge is 0.329 e. The van der Waals surface area contributed by atoms with E-state index in [-0.39, 0.29) is 46.8 Å². The summed E-state index contributed by atoms with van der Waals surface area (Å²) in [6.07, 6.45) is 9.51. The van der Waals surface area contributed by atoms with Gasteiger partial charge in [0.1, 0.15) is 17.4 Å². The number of anilines is 2. The Kier molecular flexibility index (Phi) is 11.1. The van der Waals surface area contributed by atoms with Gasteiger partial charge in [-0.05, 0) is 81.4 Å². The number of rotatable bonds is 13. The zero-order chi connectivity index (χ0) is 43.4. The summed E-state index contributed by atoms with van der Waals surface area (Å²) >= 11 is 0. The van der Waals surface area contributed by atoms with E-state index in [9.17, 15) is 28.0 Å². The first-order valence-electron chi connectivity index (χ1n) is 22.2. The third-order valence-electron chi connectivity index (χ3n) is 13.9. The van der Waals surface area contributed by atoms with Crippen LogP contribution in [-0.2, 0) is 32.5 Å². The molecular formula is C44H53F2N11O6. The van der Waals surface area contributed by atoms with Crippen molar-refractivity contribution in [2.75, 3.05) is 62.8 Å². The summed E-state index contributed by atoms with van der Waals surface area (Å²) in [6.45, 7) is 6.67. The van der Waals surface area contributed by atoms with Crippen LogP contribution in [0.4, 0.5) is 20.3 Å². The molecule has 5 aliphatic rings. The minimum atomic E-state index is -2.86. The van der Waals surface area contributed by atoms with E-state index in [1.165, 1.54) is 15.3 Å². The summed E-state index contributed by atoms with van der Waals surface area (Å²) in [6, 6.07) is 6.89. The number of alkyl halides is 2. The zero-order valence-corrected chi connectivity index (χ0v) is 35.4. The Bertz CT molecular complexity index is 2590. The molecule has 2 N–H and O–H groups in total. The van der Waals surface area contributed by atoms with Crippen LogP contribution in [0.5, 0.6) is 0 Å². The van der Waals surface area contributed by atoms with Gasteiger partial charge in [0.05, 0.1) is 53.7 Å². The molecule has 10 rings (SSSR count). The Hall–Kier alpha value is -5.53. The highest BCUT2D eigenvalue weighted by Crippen LogP contribution is 2.40. The lowest BCUT2D eigenvalue weighted by Crippen LogP contribution is -2.66. The van der Waals surface area contributed by atoms with Gasteiger partial charge in [-0.15, -0.1) is 0 Å². The first-order valence-corrected chi connectivity index (χ1v) is 22.2. The number of aromatic nitrogens is 7. The number of carbonyl (C=O) groups excluding carboxylic acids is 3. The lowest BCUT2D eigenvalue weighted by Gasteiger charge is -2.55. The molecule has 5 aromatic rings. The fourth-order valence-electron chi connectivity index (χ4n) is 10.4. The SMILES string of the molecule is Cn1c(=O)n(C2CCC(=O)NC2=O)c2cccc(CCCOC3CCN(CC4CCC(n5cc(NC(=O)c6cnn7ccc(N8CC9(COC9)C8)nc67)c(C(F)F)n5)CC4)CC3)c21. The van der Waals surface area contributed by atoms with Crippen LogP contribution >= 0.6 is 0 Å². The number of benzene rings is 1. The van der Waals surface area contributed by atoms with Crippen molar-refractivity contribution in [1.82, 2.24) is 43.7 Å². The molecule has 1 unspecified atom stereocenters. The first kappa shape index (κ1) is 41.5. The van der Waals surface area contributed by atoms with Gasteiger partial charge in [-0.2, -0.15) is 10.2 Å². The highest BCUT2D eigenvalue weighted by Gasteiger charge is 2.49. The van der Waals surface area contributed by atoms with E-state index in [4.69, 9.17) is 14.5 Å². The Morgan fingerprint density at radius 2 is 1.84 bits per heavy atom. The van der Waals surface area contributed by atoms with E-state index in [0.717, 1.165) is 114 Å². The summed E-state index contributed by atoms with van der Waals surface area (Å²) in [5, 5.41) is 13.6. The molecule has 334 valence electrons. The van der Waals surface area contributed by atoms with Crippen LogP contribution in [0.25, 0.3) is 16.7 Å². The summed E-state index contributed by atoms with van der Waals surface area (Å²) in [4.78, 5) is 60.5. The number of amides is 3. The number of ether oxygens (including phenoxy) is 2. The Morgan fingerprint density at radius 3 is 2.57 bits per heavy atom. The first-order chi connectivity index (χ1) is 30.5. The molecular weight excluding hydrogens is 817 g/mol. The van der Waals surface area contributed by atoms with Crippen LogP contribution in [-0.4, -0.2) is 115 Å². The molecule has 0 radical (unpaired) electrons. The molecule has 1 saturated carbocycles. The highest BCUT2D eigenvalue weighted by molar-refractivity contribution is 6.08. The molecule has 4 saturated heterocycles. The van der Waals surface area contributed by atoms with Crippen LogP contribution in [0.15, 0.2) is 47.7 Å². The number of hydrogen-bond acceptors (Lipinski definition) is 11. The lowest BCUT2D eigenvalue weighted by molar-refractivity contribution is -0.135. The molecule has 17 nitrogen and oxygen atoms in total.